The van der Waals surface area contributed by atoms with Crippen molar-refractivity contribution >= 4 is 40.9 Å². The standard InChI is InChI=1S/C33H36ClN9O3/c1-21(31(44)35-12-11-24-5-4-6-28(38-24)42-15-13-41(2)14-16-42)43-20-23-8-7-22(17-26(23)32(43)45)30-27(34)19-37-33(40-30)39-25-9-10-29(46-3)36-18-25/h4-10,17-19,21H,11-16,20H2,1-3H3,(H,35,44)(H,37,39,40)/t21-/m1/s1. The number of halogens is 1. The first-order valence-electron chi connectivity index (χ1n) is 15.2. The predicted octanol–water partition coefficient (Wildman–Crippen LogP) is 3.79. The molecule has 4 aromatic rings. The Balaban J connectivity index is 1.07. The number of aromatic nitrogens is 4. The lowest BCUT2D eigenvalue weighted by Gasteiger charge is -2.33. The number of nitrogens with zero attached hydrogens (tertiary/aromatic N) is 7. The van der Waals surface area contributed by atoms with Crippen LogP contribution < -0.4 is 20.3 Å². The average Bonchev–Trinajstić information content (AvgIpc) is 3.41. The number of fused-ring (bicyclic) bond motifs is 1. The maximum Gasteiger partial charge on any atom is 0.255 e. The number of likely N-dealkylation sites (N-methyl/N-ethyl adjacent to an activating group) is 1. The molecule has 5 heterocycles. The van der Waals surface area contributed by atoms with Gasteiger partial charge in [0, 0.05) is 68.6 Å². The molecule has 0 spiro atoms. The SMILES string of the molecule is COc1ccc(Nc2ncc(Cl)c(-c3ccc4c(c3)C(=O)N([C@H](C)C(=O)NCCc3cccc(N5CCN(C)CC5)n3)C4)n2)cn1. The van der Waals surface area contributed by atoms with E-state index in [0.717, 1.165) is 43.3 Å². The zero-order valence-electron chi connectivity index (χ0n) is 26.0. The first kappa shape index (κ1) is 31.2. The molecule has 2 amide bonds. The van der Waals surface area contributed by atoms with Gasteiger partial charge in [0.05, 0.1) is 35.9 Å². The molecule has 12 nitrogen and oxygen atoms in total. The van der Waals surface area contributed by atoms with Crippen LogP contribution in [0.15, 0.2) is 60.9 Å². The largest absolute Gasteiger partial charge is 0.481 e. The van der Waals surface area contributed by atoms with Crippen molar-refractivity contribution in [3.8, 4) is 17.1 Å². The van der Waals surface area contributed by atoms with Crippen molar-refractivity contribution in [2.45, 2.75) is 25.9 Å². The molecule has 0 bridgehead atoms. The van der Waals surface area contributed by atoms with Crippen LogP contribution in [-0.2, 0) is 17.8 Å². The highest BCUT2D eigenvalue weighted by molar-refractivity contribution is 6.33. The van der Waals surface area contributed by atoms with Crippen LogP contribution in [0.25, 0.3) is 11.3 Å². The molecule has 6 rings (SSSR count). The number of piperazine rings is 1. The van der Waals surface area contributed by atoms with Crippen LogP contribution >= 0.6 is 11.6 Å². The quantitative estimate of drug-likeness (QED) is 0.264. The van der Waals surface area contributed by atoms with Crippen LogP contribution in [0.5, 0.6) is 5.88 Å². The van der Waals surface area contributed by atoms with E-state index in [1.165, 1.54) is 6.20 Å². The van der Waals surface area contributed by atoms with Crippen LogP contribution in [0.3, 0.4) is 0 Å². The van der Waals surface area contributed by atoms with E-state index in [9.17, 15) is 9.59 Å². The molecule has 238 valence electrons. The number of amides is 2. The molecule has 46 heavy (non-hydrogen) atoms. The van der Waals surface area contributed by atoms with Gasteiger partial charge in [-0.1, -0.05) is 29.8 Å². The second kappa shape index (κ2) is 13.7. The molecule has 0 unspecified atom stereocenters. The highest BCUT2D eigenvalue weighted by Gasteiger charge is 2.34. The zero-order valence-corrected chi connectivity index (χ0v) is 26.8. The molecule has 2 N–H and O–H groups in total. The van der Waals surface area contributed by atoms with E-state index in [1.54, 1.807) is 43.3 Å². The van der Waals surface area contributed by atoms with E-state index in [2.05, 4.69) is 42.4 Å². The number of hydrogen-bond acceptors (Lipinski definition) is 10. The van der Waals surface area contributed by atoms with Crippen molar-refractivity contribution < 1.29 is 14.3 Å². The number of rotatable bonds is 10. The number of benzene rings is 1. The van der Waals surface area contributed by atoms with E-state index in [4.69, 9.17) is 21.3 Å². The maximum atomic E-state index is 13.5. The van der Waals surface area contributed by atoms with Gasteiger partial charge in [0.15, 0.2) is 0 Å². The minimum absolute atomic E-state index is 0.209. The molecule has 2 aliphatic heterocycles. The number of pyridine rings is 2. The van der Waals surface area contributed by atoms with Gasteiger partial charge in [-0.2, -0.15) is 0 Å². The van der Waals surface area contributed by atoms with E-state index in [1.807, 2.05) is 30.3 Å². The molecule has 13 heteroatoms. The topological polar surface area (TPSA) is 129 Å². The summed E-state index contributed by atoms with van der Waals surface area (Å²) >= 11 is 6.49. The fourth-order valence-electron chi connectivity index (χ4n) is 5.54. The number of carbonyl (C=O) groups is 2. The van der Waals surface area contributed by atoms with E-state index in [-0.39, 0.29) is 11.8 Å². The Kier molecular flexibility index (Phi) is 9.27. The van der Waals surface area contributed by atoms with Crippen molar-refractivity contribution in [1.82, 2.24) is 35.1 Å². The lowest BCUT2D eigenvalue weighted by atomic mass is 10.0. The smallest absolute Gasteiger partial charge is 0.255 e. The Bertz CT molecular complexity index is 1730. The molecule has 1 aromatic carbocycles. The molecule has 3 aromatic heterocycles. The van der Waals surface area contributed by atoms with Gasteiger partial charge in [-0.15, -0.1) is 0 Å². The summed E-state index contributed by atoms with van der Waals surface area (Å²) in [6.07, 6.45) is 3.72. The Morgan fingerprint density at radius 1 is 1.04 bits per heavy atom. The Hall–Kier alpha value is -4.81. The normalized spacial score (nSPS) is 15.4. The minimum Gasteiger partial charge on any atom is -0.481 e. The van der Waals surface area contributed by atoms with Crippen LogP contribution in [-0.4, -0.2) is 94.5 Å². The summed E-state index contributed by atoms with van der Waals surface area (Å²) in [6.45, 7) is 6.43. The van der Waals surface area contributed by atoms with Gasteiger partial charge in [0.25, 0.3) is 5.91 Å². The van der Waals surface area contributed by atoms with E-state index >= 15 is 0 Å². The second-order valence-electron chi connectivity index (χ2n) is 11.4. The molecular formula is C33H36ClN9O3. The van der Waals surface area contributed by atoms with Gasteiger partial charge < -0.3 is 30.1 Å². The first-order valence-corrected chi connectivity index (χ1v) is 15.6. The fourth-order valence-corrected chi connectivity index (χ4v) is 5.74. The third kappa shape index (κ3) is 6.87. The van der Waals surface area contributed by atoms with Gasteiger partial charge in [0.1, 0.15) is 11.9 Å². The number of anilines is 3. The number of hydrogen-bond donors (Lipinski definition) is 2. The second-order valence-corrected chi connectivity index (χ2v) is 11.8. The zero-order chi connectivity index (χ0) is 32.2. The van der Waals surface area contributed by atoms with E-state index < -0.39 is 6.04 Å². The minimum atomic E-state index is -0.649. The lowest BCUT2D eigenvalue weighted by Crippen LogP contribution is -2.45. The summed E-state index contributed by atoms with van der Waals surface area (Å²) in [4.78, 5) is 50.7. The molecule has 2 aliphatic rings. The lowest BCUT2D eigenvalue weighted by molar-refractivity contribution is -0.125. The summed E-state index contributed by atoms with van der Waals surface area (Å²) in [6, 6.07) is 14.4. The number of carbonyl (C=O) groups excluding carboxylic acids is 2. The molecule has 0 saturated carbocycles. The fraction of sp³-hybridized carbons (Fsp3) is 0.333. The Morgan fingerprint density at radius 2 is 1.87 bits per heavy atom. The number of nitrogens with one attached hydrogen (secondary N) is 2. The van der Waals surface area contributed by atoms with Gasteiger partial charge in [-0.3, -0.25) is 9.59 Å². The number of ether oxygens (including phenoxy) is 1. The van der Waals surface area contributed by atoms with Gasteiger partial charge in [-0.05, 0) is 43.8 Å². The Labute approximate surface area is 272 Å². The van der Waals surface area contributed by atoms with Crippen LogP contribution in [0.2, 0.25) is 5.02 Å². The molecule has 1 atom stereocenters. The summed E-state index contributed by atoms with van der Waals surface area (Å²) < 4.78 is 5.10. The molecular weight excluding hydrogens is 606 g/mol. The number of methoxy groups -OCH3 is 1. The monoisotopic (exact) mass is 641 g/mol. The highest BCUT2D eigenvalue weighted by atomic mass is 35.5. The molecule has 0 aliphatic carbocycles. The van der Waals surface area contributed by atoms with Crippen molar-refractivity contribution in [2.24, 2.45) is 0 Å². The third-order valence-corrected chi connectivity index (χ3v) is 8.58. The van der Waals surface area contributed by atoms with Crippen molar-refractivity contribution in [3.63, 3.8) is 0 Å². The van der Waals surface area contributed by atoms with Crippen molar-refractivity contribution in [1.29, 1.82) is 0 Å². The molecule has 1 saturated heterocycles. The highest BCUT2D eigenvalue weighted by Crippen LogP contribution is 2.32. The average molecular weight is 642 g/mol. The summed E-state index contributed by atoms with van der Waals surface area (Å²) in [5.74, 6) is 1.36. The van der Waals surface area contributed by atoms with Crippen molar-refractivity contribution in [3.05, 3.63) is 82.8 Å². The van der Waals surface area contributed by atoms with Gasteiger partial charge in [0.2, 0.25) is 17.7 Å². The van der Waals surface area contributed by atoms with Crippen LogP contribution in [0.1, 0.15) is 28.5 Å². The van der Waals surface area contributed by atoms with E-state index in [0.29, 0.717) is 58.9 Å². The maximum absolute atomic E-state index is 13.5. The predicted molar refractivity (Wildman–Crippen MR) is 177 cm³/mol. The summed E-state index contributed by atoms with van der Waals surface area (Å²) in [7, 11) is 3.68. The first-order chi connectivity index (χ1) is 22.3. The summed E-state index contributed by atoms with van der Waals surface area (Å²) in [5.41, 5.74) is 4.10. The van der Waals surface area contributed by atoms with Crippen LogP contribution in [0, 0.1) is 0 Å². The molecule has 1 fully saturated rings. The third-order valence-electron chi connectivity index (χ3n) is 8.31. The van der Waals surface area contributed by atoms with Crippen molar-refractivity contribution in [2.75, 3.05) is 57.1 Å². The van der Waals surface area contributed by atoms with Crippen LogP contribution in [0.4, 0.5) is 17.5 Å². The van der Waals surface area contributed by atoms with Gasteiger partial charge >= 0.3 is 0 Å². The molecule has 0 radical (unpaired) electrons. The van der Waals surface area contributed by atoms with Gasteiger partial charge in [-0.25, -0.2) is 19.9 Å². The summed E-state index contributed by atoms with van der Waals surface area (Å²) in [5, 5.41) is 6.44. The Morgan fingerprint density at radius 3 is 2.63 bits per heavy atom.